The van der Waals surface area contributed by atoms with E-state index in [0.717, 1.165) is 42.3 Å². The minimum absolute atomic E-state index is 0.0407. The average Bonchev–Trinajstić information content (AvgIpc) is 3.44. The molecule has 2 atom stereocenters. The molecule has 1 saturated carbocycles. The molecular weight excluding hydrogens is 477 g/mol. The van der Waals surface area contributed by atoms with Crippen LogP contribution >= 0.6 is 35.0 Å². The highest BCUT2D eigenvalue weighted by Crippen LogP contribution is 2.49. The Morgan fingerprint density at radius 3 is 2.79 bits per heavy atom. The molecule has 4 rings (SSSR count). The van der Waals surface area contributed by atoms with Crippen molar-refractivity contribution in [3.8, 4) is 0 Å². The van der Waals surface area contributed by atoms with Gasteiger partial charge in [0.1, 0.15) is 0 Å². The lowest BCUT2D eigenvalue weighted by Crippen LogP contribution is -2.29. The number of carbonyl (C=O) groups excluding carboxylic acids is 1. The summed E-state index contributed by atoms with van der Waals surface area (Å²) in [6.07, 6.45) is 8.54. The smallest absolute Gasteiger partial charge is 0.411 e. The van der Waals surface area contributed by atoms with E-state index in [1.165, 1.54) is 10.5 Å². The number of nitrogens with one attached hydrogen (secondary N) is 1. The first-order chi connectivity index (χ1) is 16.0. The lowest BCUT2D eigenvalue weighted by Gasteiger charge is -2.32. The van der Waals surface area contributed by atoms with Crippen molar-refractivity contribution in [1.82, 2.24) is 9.55 Å². The van der Waals surface area contributed by atoms with Crippen LogP contribution < -0.4 is 5.32 Å². The highest BCUT2D eigenvalue weighted by atomic mass is 35.5. The van der Waals surface area contributed by atoms with Crippen molar-refractivity contribution < 1.29 is 9.53 Å². The van der Waals surface area contributed by atoms with Crippen LogP contribution in [0.1, 0.15) is 31.7 Å². The van der Waals surface area contributed by atoms with Gasteiger partial charge in [0.2, 0.25) is 0 Å². The number of hydrogen-bond acceptors (Lipinski definition) is 4. The highest BCUT2D eigenvalue weighted by Gasteiger charge is 2.42. The number of imidazole rings is 1. The average molecular weight is 504 g/mol. The maximum atomic E-state index is 11.6. The molecule has 1 amide bonds. The summed E-state index contributed by atoms with van der Waals surface area (Å²) in [7, 11) is 0. The number of anilines is 1. The number of aromatic nitrogens is 2. The zero-order valence-corrected chi connectivity index (χ0v) is 20.8. The number of hydrogen-bond donors (Lipinski definition) is 1. The molecule has 1 aromatic heterocycles. The zero-order valence-electron chi connectivity index (χ0n) is 18.5. The number of nitrogens with zero attached hydrogens (tertiary/aromatic N) is 2. The molecule has 0 unspecified atom stereocenters. The molecule has 33 heavy (non-hydrogen) atoms. The van der Waals surface area contributed by atoms with Crippen LogP contribution in [0.25, 0.3) is 0 Å². The third-order valence-electron chi connectivity index (χ3n) is 6.12. The first-order valence-corrected chi connectivity index (χ1v) is 12.8. The van der Waals surface area contributed by atoms with Crippen molar-refractivity contribution in [3.63, 3.8) is 0 Å². The topological polar surface area (TPSA) is 56.1 Å². The van der Waals surface area contributed by atoms with E-state index in [9.17, 15) is 4.79 Å². The predicted octanol–water partition coefficient (Wildman–Crippen LogP) is 7.29. The Bertz CT molecular complexity index is 1080. The van der Waals surface area contributed by atoms with Crippen molar-refractivity contribution in [3.05, 3.63) is 76.8 Å². The van der Waals surface area contributed by atoms with Crippen LogP contribution in [0, 0.1) is 5.92 Å². The second kappa shape index (κ2) is 10.9. The number of thioether (sulfide) groups is 1. The molecule has 3 aromatic rings. The molecule has 1 N–H and O–H groups in total. The Morgan fingerprint density at radius 1 is 1.27 bits per heavy atom. The second-order valence-corrected chi connectivity index (χ2v) is 10.4. The molecule has 1 heterocycles. The molecule has 5 nitrogen and oxygen atoms in total. The third-order valence-corrected chi connectivity index (χ3v) is 7.91. The summed E-state index contributed by atoms with van der Waals surface area (Å²) >= 11 is 14.7. The third kappa shape index (κ3) is 6.05. The predicted molar refractivity (Wildman–Crippen MR) is 136 cm³/mol. The van der Waals surface area contributed by atoms with Crippen LogP contribution in [-0.4, -0.2) is 28.0 Å². The molecule has 0 radical (unpaired) electrons. The number of rotatable bonds is 8. The molecule has 8 heteroatoms. The van der Waals surface area contributed by atoms with E-state index in [4.69, 9.17) is 27.9 Å². The minimum atomic E-state index is -0.432. The Kier molecular flexibility index (Phi) is 7.89. The molecule has 1 aliphatic rings. The van der Waals surface area contributed by atoms with E-state index >= 15 is 0 Å². The summed E-state index contributed by atoms with van der Waals surface area (Å²) in [6.45, 7) is 2.99. The van der Waals surface area contributed by atoms with Gasteiger partial charge in [-0.3, -0.25) is 5.32 Å². The maximum absolute atomic E-state index is 11.6. The first-order valence-electron chi connectivity index (χ1n) is 11.1. The van der Waals surface area contributed by atoms with Gasteiger partial charge in [0.05, 0.1) is 12.9 Å². The highest BCUT2D eigenvalue weighted by molar-refractivity contribution is 7.99. The molecule has 174 valence electrons. The fourth-order valence-electron chi connectivity index (χ4n) is 4.64. The summed E-state index contributed by atoms with van der Waals surface area (Å²) in [5.74, 6) is 1.60. The van der Waals surface area contributed by atoms with Gasteiger partial charge in [0.25, 0.3) is 0 Å². The van der Waals surface area contributed by atoms with Crippen molar-refractivity contribution in [2.75, 3.05) is 17.7 Å². The molecule has 0 aliphatic heterocycles. The van der Waals surface area contributed by atoms with Gasteiger partial charge in [-0.1, -0.05) is 29.3 Å². The van der Waals surface area contributed by atoms with E-state index in [2.05, 4.69) is 20.9 Å². The van der Waals surface area contributed by atoms with E-state index in [1.54, 1.807) is 6.92 Å². The van der Waals surface area contributed by atoms with E-state index in [0.29, 0.717) is 17.5 Å². The molecule has 0 saturated heterocycles. The molecule has 0 spiro atoms. The van der Waals surface area contributed by atoms with Gasteiger partial charge in [-0.05, 0) is 74.1 Å². The van der Waals surface area contributed by atoms with E-state index in [-0.39, 0.29) is 5.41 Å². The van der Waals surface area contributed by atoms with Gasteiger partial charge >= 0.3 is 6.09 Å². The number of carbonyl (C=O) groups is 1. The molecule has 2 aromatic carbocycles. The minimum Gasteiger partial charge on any atom is -0.450 e. The van der Waals surface area contributed by atoms with Gasteiger partial charge in [-0.25, -0.2) is 9.78 Å². The fourth-order valence-corrected chi connectivity index (χ4v) is 6.29. The van der Waals surface area contributed by atoms with Crippen LogP contribution in [0.15, 0.2) is 66.1 Å². The second-order valence-electron chi connectivity index (χ2n) is 8.43. The fraction of sp³-hybridized carbons (Fsp3) is 0.360. The Morgan fingerprint density at radius 2 is 2.09 bits per heavy atom. The Balaban J connectivity index is 1.42. The number of ether oxygens (including phenoxy) is 1. The van der Waals surface area contributed by atoms with E-state index < -0.39 is 6.09 Å². The van der Waals surface area contributed by atoms with Crippen molar-refractivity contribution in [1.29, 1.82) is 0 Å². The number of benzene rings is 2. The number of amides is 1. The summed E-state index contributed by atoms with van der Waals surface area (Å²) < 4.78 is 7.07. The molecule has 1 fully saturated rings. The Hall–Kier alpha value is -2.15. The number of halogens is 2. The quantitative estimate of drug-likeness (QED) is 0.328. The van der Waals surface area contributed by atoms with Gasteiger partial charge in [0.15, 0.2) is 0 Å². The van der Waals surface area contributed by atoms with E-state index in [1.807, 2.05) is 66.9 Å². The lowest BCUT2D eigenvalue weighted by molar-refractivity contribution is 0.168. The van der Waals surface area contributed by atoms with Gasteiger partial charge in [0, 0.05) is 50.7 Å². The monoisotopic (exact) mass is 503 g/mol. The van der Waals surface area contributed by atoms with Gasteiger partial charge in [-0.15, -0.1) is 11.8 Å². The van der Waals surface area contributed by atoms with Crippen LogP contribution in [0.2, 0.25) is 10.0 Å². The largest absolute Gasteiger partial charge is 0.450 e. The van der Waals surface area contributed by atoms with Crippen LogP contribution in [-0.2, 0) is 16.7 Å². The molecule has 1 aliphatic carbocycles. The van der Waals surface area contributed by atoms with Crippen LogP contribution in [0.5, 0.6) is 0 Å². The van der Waals surface area contributed by atoms with Gasteiger partial charge in [-0.2, -0.15) is 0 Å². The zero-order chi connectivity index (χ0) is 23.3. The van der Waals surface area contributed by atoms with Crippen molar-refractivity contribution in [2.45, 2.75) is 43.0 Å². The summed E-state index contributed by atoms with van der Waals surface area (Å²) in [6, 6.07) is 13.8. The summed E-state index contributed by atoms with van der Waals surface area (Å²) in [5.41, 5.74) is 1.86. The molecular formula is C25H27Cl2N3O2S. The van der Waals surface area contributed by atoms with Crippen LogP contribution in [0.3, 0.4) is 0 Å². The molecule has 0 bridgehead atoms. The normalized spacial score (nSPS) is 20.0. The van der Waals surface area contributed by atoms with Crippen molar-refractivity contribution >= 4 is 46.7 Å². The maximum Gasteiger partial charge on any atom is 0.411 e. The summed E-state index contributed by atoms with van der Waals surface area (Å²) in [4.78, 5) is 17.0. The standard InChI is InChI=1S/C25H27Cl2N3O2S/c1-2-32-24(31)29-20-4-6-21(7-5-20)33-15-18-9-10-25(14-18,16-30-12-11-28-17-30)22-8-3-19(26)13-23(22)27/h3-8,11-13,17-18H,2,9-10,14-16H2,1H3,(H,29,31)/t18-,25+/m1/s1. The van der Waals surface area contributed by atoms with Crippen molar-refractivity contribution in [2.24, 2.45) is 5.92 Å². The van der Waals surface area contributed by atoms with Gasteiger partial charge < -0.3 is 9.30 Å². The first kappa shape index (κ1) is 24.0. The Labute approximate surface area is 208 Å². The lowest BCUT2D eigenvalue weighted by atomic mass is 9.78. The van der Waals surface area contributed by atoms with Crippen LogP contribution in [0.4, 0.5) is 10.5 Å². The SMILES string of the molecule is CCOC(=O)Nc1ccc(SC[C@@H]2CC[C@](Cn3ccnc3)(c3ccc(Cl)cc3Cl)C2)cc1. The summed E-state index contributed by atoms with van der Waals surface area (Å²) in [5, 5.41) is 4.12.